The Morgan fingerprint density at radius 3 is 2.36 bits per heavy atom. The molecule has 2 fully saturated rings. The highest BCUT2D eigenvalue weighted by atomic mass is 32.2. The Balaban J connectivity index is 1.48. The molecule has 12 heteroatoms. The van der Waals surface area contributed by atoms with Crippen LogP contribution < -0.4 is 16.0 Å². The SMILES string of the molecule is CSc1ccc([C@@H](O)[C@H](NC(=O)[C@H](C)NC(=O)CN2CCOCC2)C(=O)N[C@@H](CC2=CCCC2)C(=O)[C@@]2(C)CO2)cc1. The minimum absolute atomic E-state index is 0.121. The van der Waals surface area contributed by atoms with Crippen LogP contribution in [0.2, 0.25) is 0 Å². The smallest absolute Gasteiger partial charge is 0.246 e. The van der Waals surface area contributed by atoms with E-state index in [9.17, 15) is 24.3 Å². The second kappa shape index (κ2) is 14.6. The topological polar surface area (TPSA) is 150 Å². The van der Waals surface area contributed by atoms with E-state index in [1.54, 1.807) is 19.1 Å². The lowest BCUT2D eigenvalue weighted by molar-refractivity contribution is -0.136. The second-order valence-electron chi connectivity index (χ2n) is 11.3. The first-order valence-corrected chi connectivity index (χ1v) is 15.7. The van der Waals surface area contributed by atoms with E-state index in [0.29, 0.717) is 38.3 Å². The fraction of sp³-hybridized carbons (Fsp3) is 0.600. The summed E-state index contributed by atoms with van der Waals surface area (Å²) in [7, 11) is 0. The number of allylic oxidation sites excluding steroid dienone is 1. The Bertz CT molecular complexity index is 1160. The monoisotopic (exact) mass is 602 g/mol. The van der Waals surface area contributed by atoms with Crippen LogP contribution >= 0.6 is 11.8 Å². The van der Waals surface area contributed by atoms with Gasteiger partial charge in [-0.25, -0.2) is 0 Å². The van der Waals surface area contributed by atoms with Crippen molar-refractivity contribution in [2.24, 2.45) is 0 Å². The summed E-state index contributed by atoms with van der Waals surface area (Å²) in [6.45, 7) is 5.95. The number of ketones is 1. The molecule has 0 spiro atoms. The van der Waals surface area contributed by atoms with Crippen LogP contribution in [0, 0.1) is 0 Å². The lowest BCUT2D eigenvalue weighted by atomic mass is 9.93. The first kappa shape index (κ1) is 32.2. The quantitative estimate of drug-likeness (QED) is 0.140. The van der Waals surface area contributed by atoms with E-state index in [1.807, 2.05) is 23.3 Å². The van der Waals surface area contributed by atoms with Crippen molar-refractivity contribution in [3.05, 3.63) is 41.5 Å². The first-order valence-electron chi connectivity index (χ1n) is 14.5. The molecule has 4 rings (SSSR count). The van der Waals surface area contributed by atoms with E-state index in [0.717, 1.165) is 29.7 Å². The van der Waals surface area contributed by atoms with Crippen LogP contribution in [0.4, 0.5) is 0 Å². The molecular weight excluding hydrogens is 560 g/mol. The number of Topliss-reactive ketones (excluding diaryl/α,β-unsaturated/α-hetero) is 1. The number of hydrogen-bond acceptors (Lipinski definition) is 9. The average molecular weight is 603 g/mol. The third-order valence-corrected chi connectivity index (χ3v) is 8.67. The number of nitrogens with one attached hydrogen (secondary N) is 3. The summed E-state index contributed by atoms with van der Waals surface area (Å²) in [5.74, 6) is -1.90. The lowest BCUT2D eigenvalue weighted by Gasteiger charge is -2.29. The molecule has 42 heavy (non-hydrogen) atoms. The van der Waals surface area contributed by atoms with Gasteiger partial charge in [0.05, 0.1) is 32.4 Å². The number of aliphatic hydroxyl groups is 1. The zero-order valence-electron chi connectivity index (χ0n) is 24.5. The number of carbonyl (C=O) groups is 4. The molecule has 5 atom stereocenters. The molecule has 0 aromatic heterocycles. The van der Waals surface area contributed by atoms with Gasteiger partial charge in [-0.1, -0.05) is 23.8 Å². The highest BCUT2D eigenvalue weighted by molar-refractivity contribution is 7.98. The molecule has 1 aliphatic carbocycles. The fourth-order valence-corrected chi connectivity index (χ4v) is 5.56. The van der Waals surface area contributed by atoms with Crippen LogP contribution in [0.5, 0.6) is 0 Å². The van der Waals surface area contributed by atoms with Crippen molar-refractivity contribution in [3.8, 4) is 0 Å². The minimum Gasteiger partial charge on any atom is -0.386 e. The number of hydrogen-bond donors (Lipinski definition) is 4. The number of rotatable bonds is 14. The highest BCUT2D eigenvalue weighted by Crippen LogP contribution is 2.31. The van der Waals surface area contributed by atoms with Crippen LogP contribution in [0.25, 0.3) is 0 Å². The number of morpholine rings is 1. The molecule has 2 aliphatic heterocycles. The third-order valence-electron chi connectivity index (χ3n) is 7.93. The highest BCUT2D eigenvalue weighted by Gasteiger charge is 2.50. The number of carbonyl (C=O) groups excluding carboxylic acids is 4. The van der Waals surface area contributed by atoms with Crippen molar-refractivity contribution in [2.45, 2.75) is 74.3 Å². The van der Waals surface area contributed by atoms with E-state index >= 15 is 0 Å². The molecule has 0 unspecified atom stereocenters. The Labute approximate surface area is 251 Å². The van der Waals surface area contributed by atoms with E-state index < -0.39 is 41.6 Å². The van der Waals surface area contributed by atoms with Gasteiger partial charge in [0.2, 0.25) is 17.7 Å². The number of nitrogens with zero attached hydrogens (tertiary/aromatic N) is 1. The molecule has 4 N–H and O–H groups in total. The molecule has 2 heterocycles. The third kappa shape index (κ3) is 8.63. The van der Waals surface area contributed by atoms with Gasteiger partial charge in [-0.3, -0.25) is 24.1 Å². The van der Waals surface area contributed by atoms with Crippen LogP contribution in [-0.4, -0.2) is 103 Å². The number of epoxide rings is 1. The van der Waals surface area contributed by atoms with Crippen LogP contribution in [0.15, 0.2) is 40.8 Å². The molecule has 1 aromatic carbocycles. The van der Waals surface area contributed by atoms with Gasteiger partial charge < -0.3 is 30.5 Å². The van der Waals surface area contributed by atoms with E-state index in [2.05, 4.69) is 22.0 Å². The Morgan fingerprint density at radius 2 is 1.76 bits per heavy atom. The standard InChI is InChI=1S/C30H42N4O7S/c1-19(31-24(35)17-34-12-14-40-15-13-34)28(38)33-25(26(36)21-8-10-22(42-3)11-9-21)29(39)32-23(16-20-6-4-5-7-20)27(37)30(2)18-41-30/h6,8-11,19,23,25-26,36H,4-5,7,12-18H2,1-3H3,(H,31,35)(H,32,39)(H,33,38)/t19-,23-,25-,26+,30+/m0/s1. The Morgan fingerprint density at radius 1 is 1.07 bits per heavy atom. The normalized spacial score (nSPS) is 23.2. The van der Waals surface area contributed by atoms with Gasteiger partial charge in [-0.05, 0) is 63.5 Å². The summed E-state index contributed by atoms with van der Waals surface area (Å²) in [5.41, 5.74) is 0.556. The zero-order valence-corrected chi connectivity index (χ0v) is 25.3. The Kier molecular flexibility index (Phi) is 11.2. The maximum atomic E-state index is 13.8. The van der Waals surface area contributed by atoms with Crippen molar-refractivity contribution in [3.63, 3.8) is 0 Å². The van der Waals surface area contributed by atoms with E-state index in [1.165, 1.54) is 18.7 Å². The summed E-state index contributed by atoms with van der Waals surface area (Å²) in [5, 5.41) is 19.5. The number of aliphatic hydroxyl groups excluding tert-OH is 1. The molecule has 0 saturated carbocycles. The molecule has 1 aromatic rings. The van der Waals surface area contributed by atoms with Gasteiger partial charge >= 0.3 is 0 Å². The molecular formula is C30H42N4O7S. The lowest BCUT2D eigenvalue weighted by Crippen LogP contribution is -2.58. The molecule has 2 saturated heterocycles. The predicted molar refractivity (Wildman–Crippen MR) is 158 cm³/mol. The van der Waals surface area contributed by atoms with Gasteiger partial charge in [0.1, 0.15) is 23.8 Å². The molecule has 230 valence electrons. The van der Waals surface area contributed by atoms with Crippen LogP contribution in [0.1, 0.15) is 51.2 Å². The zero-order chi connectivity index (χ0) is 30.3. The predicted octanol–water partition coefficient (Wildman–Crippen LogP) is 1.11. The van der Waals surface area contributed by atoms with Crippen LogP contribution in [0.3, 0.4) is 0 Å². The summed E-state index contributed by atoms with van der Waals surface area (Å²) in [6.07, 6.45) is 5.73. The fourth-order valence-electron chi connectivity index (χ4n) is 5.15. The van der Waals surface area contributed by atoms with Gasteiger partial charge in [-0.2, -0.15) is 0 Å². The van der Waals surface area contributed by atoms with Gasteiger partial charge in [0.15, 0.2) is 5.78 Å². The van der Waals surface area contributed by atoms with E-state index in [-0.39, 0.29) is 24.8 Å². The summed E-state index contributed by atoms with van der Waals surface area (Å²) in [4.78, 5) is 55.8. The molecule has 0 radical (unpaired) electrons. The Hall–Kier alpha value is -2.77. The van der Waals surface area contributed by atoms with Gasteiger partial charge in [0.25, 0.3) is 0 Å². The minimum atomic E-state index is -1.42. The van der Waals surface area contributed by atoms with E-state index in [4.69, 9.17) is 9.47 Å². The summed E-state index contributed by atoms with van der Waals surface area (Å²) in [6, 6.07) is 3.77. The largest absolute Gasteiger partial charge is 0.386 e. The maximum absolute atomic E-state index is 13.8. The van der Waals surface area contributed by atoms with Gasteiger partial charge in [0, 0.05) is 18.0 Å². The number of benzene rings is 1. The molecule has 11 nitrogen and oxygen atoms in total. The molecule has 3 aliphatic rings. The number of amides is 3. The van der Waals surface area contributed by atoms with Crippen molar-refractivity contribution in [1.82, 2.24) is 20.9 Å². The van der Waals surface area contributed by atoms with Gasteiger partial charge in [-0.15, -0.1) is 11.8 Å². The molecule has 0 bridgehead atoms. The number of ether oxygens (including phenoxy) is 2. The number of thioether (sulfide) groups is 1. The second-order valence-corrected chi connectivity index (χ2v) is 12.2. The molecule has 3 amide bonds. The van der Waals surface area contributed by atoms with Crippen molar-refractivity contribution >= 4 is 35.3 Å². The van der Waals surface area contributed by atoms with Crippen molar-refractivity contribution in [2.75, 3.05) is 45.7 Å². The first-order chi connectivity index (χ1) is 20.1. The van der Waals surface area contributed by atoms with Crippen molar-refractivity contribution < 1.29 is 33.8 Å². The average Bonchev–Trinajstić information content (AvgIpc) is 3.53. The summed E-state index contributed by atoms with van der Waals surface area (Å²) < 4.78 is 10.7. The maximum Gasteiger partial charge on any atom is 0.246 e. The van der Waals surface area contributed by atoms with Crippen LogP contribution in [-0.2, 0) is 28.7 Å². The summed E-state index contributed by atoms with van der Waals surface area (Å²) >= 11 is 1.54. The van der Waals surface area contributed by atoms with Crippen molar-refractivity contribution in [1.29, 1.82) is 0 Å².